The molecule has 1 aromatic carbocycles. The minimum absolute atomic E-state index is 0.263. The molecular weight excluding hydrogens is 288 g/mol. The molecule has 21 heavy (non-hydrogen) atoms. The second kappa shape index (κ2) is 5.51. The van der Waals surface area contributed by atoms with Gasteiger partial charge >= 0.3 is 6.18 Å². The van der Waals surface area contributed by atoms with E-state index < -0.39 is 34.6 Å². The van der Waals surface area contributed by atoms with Gasteiger partial charge in [0, 0.05) is 6.20 Å². The monoisotopic (exact) mass is 298 g/mol. The Morgan fingerprint density at radius 1 is 1.24 bits per heavy atom. The molecule has 110 valence electrons. The van der Waals surface area contributed by atoms with Crippen LogP contribution in [0.3, 0.4) is 0 Å². The van der Waals surface area contributed by atoms with E-state index in [-0.39, 0.29) is 5.69 Å². The van der Waals surface area contributed by atoms with Crippen LogP contribution in [0.15, 0.2) is 36.7 Å². The molecule has 0 unspecified atom stereocenters. The van der Waals surface area contributed by atoms with Gasteiger partial charge < -0.3 is 5.32 Å². The highest BCUT2D eigenvalue weighted by Crippen LogP contribution is 2.34. The summed E-state index contributed by atoms with van der Waals surface area (Å²) in [7, 11) is 0. The number of nitrogens with one attached hydrogen (secondary N) is 1. The van der Waals surface area contributed by atoms with Crippen molar-refractivity contribution in [2.24, 2.45) is 0 Å². The Hall–Kier alpha value is -2.44. The zero-order valence-corrected chi connectivity index (χ0v) is 10.8. The summed E-state index contributed by atoms with van der Waals surface area (Å²) in [6.45, 7) is 1.06. The van der Waals surface area contributed by atoms with E-state index in [1.54, 1.807) is 0 Å². The lowest BCUT2D eigenvalue weighted by molar-refractivity contribution is -0.138. The van der Waals surface area contributed by atoms with Crippen molar-refractivity contribution in [3.05, 3.63) is 59.2 Å². The predicted octanol–water partition coefficient (Wildman–Crippen LogP) is 3.80. The Balaban J connectivity index is 2.41. The lowest BCUT2D eigenvalue weighted by Crippen LogP contribution is -2.18. The van der Waals surface area contributed by atoms with E-state index in [9.17, 15) is 22.4 Å². The number of carbonyl (C=O) groups is 1. The molecule has 0 saturated carbocycles. The van der Waals surface area contributed by atoms with E-state index in [0.717, 1.165) is 6.92 Å². The van der Waals surface area contributed by atoms with E-state index in [1.165, 1.54) is 24.5 Å². The molecule has 3 nitrogen and oxygen atoms in total. The number of alkyl halides is 3. The van der Waals surface area contributed by atoms with Gasteiger partial charge in [-0.1, -0.05) is 0 Å². The summed E-state index contributed by atoms with van der Waals surface area (Å²) in [5.74, 6) is -1.97. The first-order chi connectivity index (χ1) is 9.80. The van der Waals surface area contributed by atoms with E-state index in [2.05, 4.69) is 10.3 Å². The summed E-state index contributed by atoms with van der Waals surface area (Å²) in [4.78, 5) is 15.7. The number of pyridine rings is 1. The highest BCUT2D eigenvalue weighted by Gasteiger charge is 2.34. The Kier molecular flexibility index (Phi) is 3.93. The molecular formula is C14H10F4N2O. The summed E-state index contributed by atoms with van der Waals surface area (Å²) >= 11 is 0. The normalized spacial score (nSPS) is 11.3. The smallest absolute Gasteiger partial charge is 0.320 e. The molecule has 0 fully saturated rings. The van der Waals surface area contributed by atoms with Crippen LogP contribution in [0.1, 0.15) is 21.5 Å². The third-order valence-corrected chi connectivity index (χ3v) is 2.87. The number of anilines is 1. The zero-order chi connectivity index (χ0) is 15.6. The van der Waals surface area contributed by atoms with Crippen LogP contribution in [-0.4, -0.2) is 10.9 Å². The summed E-state index contributed by atoms with van der Waals surface area (Å²) in [5, 5.41) is 2.31. The topological polar surface area (TPSA) is 42.0 Å². The lowest BCUT2D eigenvalue weighted by atomic mass is 10.0. The van der Waals surface area contributed by atoms with Crippen LogP contribution in [0.2, 0.25) is 0 Å². The molecule has 1 heterocycles. The SMILES string of the molecule is Cc1c(C(F)(F)F)ccc(F)c1C(=O)Nc1cccnc1. The van der Waals surface area contributed by atoms with Gasteiger partial charge in [-0.15, -0.1) is 0 Å². The van der Waals surface area contributed by atoms with Crippen molar-refractivity contribution in [2.45, 2.75) is 13.1 Å². The van der Waals surface area contributed by atoms with E-state index in [4.69, 9.17) is 0 Å². The summed E-state index contributed by atoms with van der Waals surface area (Å²) in [6, 6.07) is 4.27. The second-order valence-electron chi connectivity index (χ2n) is 4.29. The molecule has 2 aromatic rings. The molecule has 1 amide bonds. The van der Waals surface area contributed by atoms with Crippen LogP contribution in [0.4, 0.5) is 23.2 Å². The van der Waals surface area contributed by atoms with Crippen LogP contribution < -0.4 is 5.32 Å². The second-order valence-corrected chi connectivity index (χ2v) is 4.29. The molecule has 0 saturated heterocycles. The fourth-order valence-corrected chi connectivity index (χ4v) is 1.89. The number of benzene rings is 1. The van der Waals surface area contributed by atoms with E-state index in [1.807, 2.05) is 0 Å². The summed E-state index contributed by atoms with van der Waals surface area (Å²) in [5.41, 5.74) is -1.86. The molecule has 1 aromatic heterocycles. The molecule has 2 rings (SSSR count). The van der Waals surface area contributed by atoms with Gasteiger partial charge in [0.25, 0.3) is 5.91 Å². The maximum Gasteiger partial charge on any atom is 0.416 e. The third kappa shape index (κ3) is 3.18. The number of nitrogens with zero attached hydrogens (tertiary/aromatic N) is 1. The Morgan fingerprint density at radius 2 is 1.95 bits per heavy atom. The number of halogens is 4. The number of aromatic nitrogens is 1. The van der Waals surface area contributed by atoms with Gasteiger partial charge in [0.05, 0.1) is 23.0 Å². The van der Waals surface area contributed by atoms with Crippen LogP contribution in [0.25, 0.3) is 0 Å². The number of carbonyl (C=O) groups excluding carboxylic acids is 1. The summed E-state index contributed by atoms with van der Waals surface area (Å²) in [6.07, 6.45) is -1.88. The van der Waals surface area contributed by atoms with Crippen molar-refractivity contribution in [2.75, 3.05) is 5.32 Å². The number of hydrogen-bond acceptors (Lipinski definition) is 2. The van der Waals surface area contributed by atoms with Crippen molar-refractivity contribution in [1.82, 2.24) is 4.98 Å². The van der Waals surface area contributed by atoms with Crippen molar-refractivity contribution in [3.63, 3.8) is 0 Å². The van der Waals surface area contributed by atoms with E-state index in [0.29, 0.717) is 12.1 Å². The minimum Gasteiger partial charge on any atom is -0.320 e. The molecule has 7 heteroatoms. The largest absolute Gasteiger partial charge is 0.416 e. The van der Waals surface area contributed by atoms with Crippen LogP contribution in [0.5, 0.6) is 0 Å². The minimum atomic E-state index is -4.65. The number of hydrogen-bond donors (Lipinski definition) is 1. The fourth-order valence-electron chi connectivity index (χ4n) is 1.89. The number of rotatable bonds is 2. The highest BCUT2D eigenvalue weighted by atomic mass is 19.4. The van der Waals surface area contributed by atoms with Crippen molar-refractivity contribution in [3.8, 4) is 0 Å². The Bertz CT molecular complexity index is 669. The van der Waals surface area contributed by atoms with Gasteiger partial charge in [-0.3, -0.25) is 9.78 Å². The van der Waals surface area contributed by atoms with Gasteiger partial charge in [0.2, 0.25) is 0 Å². The van der Waals surface area contributed by atoms with Crippen LogP contribution in [0, 0.1) is 12.7 Å². The maximum atomic E-state index is 13.7. The first kappa shape index (κ1) is 15.0. The molecule has 1 N–H and O–H groups in total. The molecule has 0 atom stereocenters. The van der Waals surface area contributed by atoms with E-state index >= 15 is 0 Å². The van der Waals surface area contributed by atoms with Gasteiger partial charge in [0.1, 0.15) is 5.82 Å². The average Bonchev–Trinajstić information content (AvgIpc) is 2.38. The van der Waals surface area contributed by atoms with Crippen molar-refractivity contribution < 1.29 is 22.4 Å². The molecule has 0 bridgehead atoms. The predicted molar refractivity (Wildman–Crippen MR) is 68.3 cm³/mol. The first-order valence-electron chi connectivity index (χ1n) is 5.88. The molecule has 0 aliphatic rings. The van der Waals surface area contributed by atoms with Crippen molar-refractivity contribution >= 4 is 11.6 Å². The van der Waals surface area contributed by atoms with Crippen LogP contribution >= 0.6 is 0 Å². The first-order valence-corrected chi connectivity index (χ1v) is 5.88. The summed E-state index contributed by atoms with van der Waals surface area (Å²) < 4.78 is 52.1. The Labute approximate surface area is 117 Å². The van der Waals surface area contributed by atoms with Crippen molar-refractivity contribution in [1.29, 1.82) is 0 Å². The average molecular weight is 298 g/mol. The van der Waals surface area contributed by atoms with Gasteiger partial charge in [-0.05, 0) is 36.8 Å². The Morgan fingerprint density at radius 3 is 2.52 bits per heavy atom. The fraction of sp³-hybridized carbons (Fsp3) is 0.143. The zero-order valence-electron chi connectivity index (χ0n) is 10.8. The standard InChI is InChI=1S/C14H10F4N2O/c1-8-10(14(16,17)18)4-5-11(15)12(8)13(21)20-9-3-2-6-19-7-9/h2-7H,1H3,(H,20,21). The molecule has 0 spiro atoms. The molecule has 0 aliphatic heterocycles. The maximum absolute atomic E-state index is 13.7. The highest BCUT2D eigenvalue weighted by molar-refractivity contribution is 6.05. The third-order valence-electron chi connectivity index (χ3n) is 2.87. The van der Waals surface area contributed by atoms with Gasteiger partial charge in [-0.25, -0.2) is 4.39 Å². The molecule has 0 radical (unpaired) electrons. The lowest BCUT2D eigenvalue weighted by Gasteiger charge is -2.14. The quantitative estimate of drug-likeness (QED) is 0.857. The number of amides is 1. The van der Waals surface area contributed by atoms with Crippen LogP contribution in [-0.2, 0) is 6.18 Å². The van der Waals surface area contributed by atoms with Gasteiger partial charge in [0.15, 0.2) is 0 Å². The van der Waals surface area contributed by atoms with Gasteiger partial charge in [-0.2, -0.15) is 13.2 Å². The molecule has 0 aliphatic carbocycles.